The van der Waals surface area contributed by atoms with Crippen molar-refractivity contribution >= 4 is 54.1 Å². The quantitative estimate of drug-likeness (QED) is 0.486. The van der Waals surface area contributed by atoms with Crippen LogP contribution < -0.4 is 0 Å². The molecular formula is C7H7I3OZr. The molecule has 0 atom stereocenters. The second-order valence-corrected chi connectivity index (χ2v) is 68.7. The van der Waals surface area contributed by atoms with Crippen molar-refractivity contribution in [2.75, 3.05) is 0 Å². The summed E-state index contributed by atoms with van der Waals surface area (Å²) in [6.07, 6.45) is 0. The Bertz CT molecular complexity index is 234. The van der Waals surface area contributed by atoms with Crippen molar-refractivity contribution in [3.8, 4) is 0 Å². The van der Waals surface area contributed by atoms with Gasteiger partial charge in [0.2, 0.25) is 0 Å². The van der Waals surface area contributed by atoms with E-state index in [4.69, 9.17) is 2.81 Å². The maximum atomic E-state index is 5.79. The van der Waals surface area contributed by atoms with Crippen LogP contribution in [0.5, 0.6) is 0 Å². The van der Waals surface area contributed by atoms with Crippen LogP contribution in [0.2, 0.25) is 0 Å². The summed E-state index contributed by atoms with van der Waals surface area (Å²) in [7, 11) is -2.09. The zero-order valence-electron chi connectivity index (χ0n) is 6.14. The molecule has 0 amide bonds. The van der Waals surface area contributed by atoms with Crippen LogP contribution in [0.3, 0.4) is 0 Å². The Morgan fingerprint density at radius 2 is 1.67 bits per heavy atom. The second kappa shape index (κ2) is 5.97. The molecular weight excluding hydrogens is 572 g/mol. The molecule has 0 saturated carbocycles. The zero-order valence-corrected chi connectivity index (χ0v) is 15.1. The average molecular weight is 579 g/mol. The summed E-state index contributed by atoms with van der Waals surface area (Å²) in [5.74, 6) is 0. The molecule has 0 aliphatic heterocycles. The molecule has 0 saturated heterocycles. The first kappa shape index (κ1) is 12.3. The molecule has 1 aromatic carbocycles. The fraction of sp³-hybridized carbons (Fsp3) is 0.143. The molecule has 0 unspecified atom stereocenters. The SMILES string of the molecule is [I][Zr]([I])([I])[O]Cc1ccccc1. The van der Waals surface area contributed by atoms with Gasteiger partial charge in [0, 0.05) is 0 Å². The van der Waals surface area contributed by atoms with Gasteiger partial charge in [-0.05, 0) is 0 Å². The summed E-state index contributed by atoms with van der Waals surface area (Å²) in [5, 5.41) is 0. The Morgan fingerprint density at radius 3 is 2.17 bits per heavy atom. The van der Waals surface area contributed by atoms with Crippen molar-refractivity contribution in [1.29, 1.82) is 0 Å². The zero-order chi connectivity index (χ0) is 9.03. The predicted molar refractivity (Wildman–Crippen MR) is 73.3 cm³/mol. The maximum absolute atomic E-state index is 5.79. The van der Waals surface area contributed by atoms with Crippen LogP contribution in [0.1, 0.15) is 5.56 Å². The Hall–Kier alpha value is 2.25. The van der Waals surface area contributed by atoms with Gasteiger partial charge in [0.05, 0.1) is 0 Å². The van der Waals surface area contributed by atoms with E-state index in [-0.39, 0.29) is 0 Å². The monoisotopic (exact) mass is 578 g/mol. The number of rotatable bonds is 3. The van der Waals surface area contributed by atoms with Crippen LogP contribution in [0.25, 0.3) is 0 Å². The van der Waals surface area contributed by atoms with Crippen molar-refractivity contribution in [1.82, 2.24) is 0 Å². The van der Waals surface area contributed by atoms with Gasteiger partial charge in [0.25, 0.3) is 0 Å². The van der Waals surface area contributed by atoms with E-state index in [2.05, 4.69) is 66.3 Å². The van der Waals surface area contributed by atoms with E-state index in [1.54, 1.807) is 0 Å². The van der Waals surface area contributed by atoms with E-state index in [1.165, 1.54) is 5.56 Å². The normalized spacial score (nSPS) is 11.6. The third-order valence-electron chi connectivity index (χ3n) is 1.25. The molecule has 12 heavy (non-hydrogen) atoms. The van der Waals surface area contributed by atoms with Gasteiger partial charge < -0.3 is 0 Å². The van der Waals surface area contributed by atoms with E-state index >= 15 is 0 Å². The summed E-state index contributed by atoms with van der Waals surface area (Å²) in [5.41, 5.74) is 1.27. The molecule has 0 heterocycles. The van der Waals surface area contributed by atoms with Crippen LogP contribution in [0.15, 0.2) is 30.3 Å². The van der Waals surface area contributed by atoms with Crippen molar-refractivity contribution < 1.29 is 10.9 Å². The minimum atomic E-state index is -2.09. The van der Waals surface area contributed by atoms with Crippen molar-refractivity contribution in [2.45, 2.75) is 6.61 Å². The second-order valence-electron chi connectivity index (χ2n) is 2.22. The molecule has 66 valence electrons. The molecule has 0 aliphatic carbocycles. The van der Waals surface area contributed by atoms with E-state index in [0.717, 1.165) is 6.61 Å². The molecule has 0 aliphatic rings. The molecule has 1 aromatic rings. The van der Waals surface area contributed by atoms with Crippen LogP contribution in [0, 0.1) is 0 Å². The third-order valence-corrected chi connectivity index (χ3v) is 7.93. The van der Waals surface area contributed by atoms with E-state index in [9.17, 15) is 0 Å². The predicted octanol–water partition coefficient (Wildman–Crippen LogP) is 4.32. The van der Waals surface area contributed by atoms with Crippen LogP contribution in [0.4, 0.5) is 0 Å². The standard InChI is InChI=1S/C7H7O.3HI.Zr/c8-6-7-4-2-1-3-5-7;;;;/h1-5H,6H2;3*1H;/q-1;;;;+4/p-3. The molecule has 0 N–H and O–H groups in total. The van der Waals surface area contributed by atoms with E-state index in [1.807, 2.05) is 18.2 Å². The summed E-state index contributed by atoms with van der Waals surface area (Å²) < 4.78 is 5.79. The summed E-state index contributed by atoms with van der Waals surface area (Å²) in [4.78, 5) is 0. The summed E-state index contributed by atoms with van der Waals surface area (Å²) in [6.45, 7) is 0.770. The van der Waals surface area contributed by atoms with Gasteiger partial charge in [0.1, 0.15) is 0 Å². The molecule has 1 nitrogen and oxygen atoms in total. The van der Waals surface area contributed by atoms with Gasteiger partial charge in [-0.1, -0.05) is 0 Å². The van der Waals surface area contributed by atoms with Gasteiger partial charge in [-0.15, -0.1) is 0 Å². The first-order valence-corrected chi connectivity index (χ1v) is 26.3. The summed E-state index contributed by atoms with van der Waals surface area (Å²) in [6, 6.07) is 10.3. The van der Waals surface area contributed by atoms with Crippen LogP contribution in [-0.4, -0.2) is 0 Å². The van der Waals surface area contributed by atoms with Crippen molar-refractivity contribution in [3.63, 3.8) is 0 Å². The van der Waals surface area contributed by atoms with E-state index in [0.29, 0.717) is 0 Å². The van der Waals surface area contributed by atoms with Gasteiger partial charge in [-0.2, -0.15) is 0 Å². The molecule has 0 spiro atoms. The fourth-order valence-electron chi connectivity index (χ4n) is 0.739. The minimum absolute atomic E-state index is 0.770. The Kier molecular flexibility index (Phi) is 6.13. The van der Waals surface area contributed by atoms with Gasteiger partial charge in [-0.25, -0.2) is 0 Å². The molecule has 0 bridgehead atoms. The van der Waals surface area contributed by atoms with Gasteiger partial charge in [-0.3, -0.25) is 0 Å². The molecule has 0 aromatic heterocycles. The Balaban J connectivity index is 2.44. The molecule has 5 heteroatoms. The Morgan fingerprint density at radius 1 is 1.08 bits per heavy atom. The number of halogens is 3. The average Bonchev–Trinajstić information content (AvgIpc) is 2.02. The summed E-state index contributed by atoms with van der Waals surface area (Å²) >= 11 is 7.39. The molecule has 0 fully saturated rings. The van der Waals surface area contributed by atoms with Crippen molar-refractivity contribution in [2.24, 2.45) is 0 Å². The number of hydrogen-bond donors (Lipinski definition) is 0. The van der Waals surface area contributed by atoms with Gasteiger partial charge >= 0.3 is 108 Å². The third kappa shape index (κ3) is 5.87. The first-order chi connectivity index (χ1) is 5.58. The number of hydrogen-bond acceptors (Lipinski definition) is 1. The Labute approximate surface area is 105 Å². The molecule has 0 radical (unpaired) electrons. The topological polar surface area (TPSA) is 9.23 Å². The molecule has 1 rings (SSSR count). The number of benzene rings is 1. The van der Waals surface area contributed by atoms with Crippen LogP contribution >= 0.6 is 54.1 Å². The van der Waals surface area contributed by atoms with Crippen LogP contribution in [-0.2, 0) is 17.6 Å². The fourth-order valence-corrected chi connectivity index (χ4v) is 4.31. The first-order valence-electron chi connectivity index (χ1n) is 3.32. The van der Waals surface area contributed by atoms with E-state index < -0.39 is 8.14 Å². The van der Waals surface area contributed by atoms with Gasteiger partial charge in [0.15, 0.2) is 0 Å². The van der Waals surface area contributed by atoms with Crippen molar-refractivity contribution in [3.05, 3.63) is 35.9 Å².